The molecule has 5 heterocycles. The molecule has 0 aliphatic carbocycles. The first-order valence-electron chi connectivity index (χ1n) is 14.4. The van der Waals surface area contributed by atoms with E-state index in [0.29, 0.717) is 30.1 Å². The van der Waals surface area contributed by atoms with E-state index in [9.17, 15) is 14.3 Å². The highest BCUT2D eigenvalue weighted by Crippen LogP contribution is 2.23. The molecule has 1 fully saturated rings. The summed E-state index contributed by atoms with van der Waals surface area (Å²) >= 11 is 0. The normalized spacial score (nSPS) is 13.7. The van der Waals surface area contributed by atoms with Crippen LogP contribution in [0.5, 0.6) is 5.88 Å². The number of nitriles is 1. The first-order chi connectivity index (χ1) is 21.4. The maximum Gasteiger partial charge on any atom is 0.337 e. The van der Waals surface area contributed by atoms with Gasteiger partial charge in [0, 0.05) is 75.4 Å². The minimum atomic E-state index is -0.979. The maximum absolute atomic E-state index is 14.3. The number of ether oxygens (including phenoxy) is 1. The molecule has 0 atom stereocenters. The van der Waals surface area contributed by atoms with E-state index in [1.165, 1.54) is 6.07 Å². The number of imidazole rings is 2. The fraction of sp³-hybridized carbons (Fsp3) is 0.281. The van der Waals surface area contributed by atoms with Crippen LogP contribution in [0.1, 0.15) is 45.5 Å². The summed E-state index contributed by atoms with van der Waals surface area (Å²) in [5.74, 6) is -0.282. The van der Waals surface area contributed by atoms with E-state index in [-0.39, 0.29) is 17.7 Å². The number of piperazine rings is 1. The van der Waals surface area contributed by atoms with E-state index in [4.69, 9.17) is 15.0 Å². The number of aromatic nitrogens is 5. The van der Waals surface area contributed by atoms with Gasteiger partial charge in [0.05, 0.1) is 34.9 Å². The molecule has 12 heteroatoms. The summed E-state index contributed by atoms with van der Waals surface area (Å²) in [6.45, 7) is 6.54. The number of aryl methyl sites for hydroxylation is 1. The van der Waals surface area contributed by atoms with Crippen LogP contribution in [0.15, 0.2) is 67.3 Å². The lowest BCUT2D eigenvalue weighted by molar-refractivity contribution is 0.0696. The summed E-state index contributed by atoms with van der Waals surface area (Å²) in [6, 6.07) is 15.1. The molecule has 1 aliphatic rings. The fourth-order valence-corrected chi connectivity index (χ4v) is 5.43. The van der Waals surface area contributed by atoms with Gasteiger partial charge in [-0.2, -0.15) is 10.2 Å². The van der Waals surface area contributed by atoms with E-state index in [1.54, 1.807) is 42.9 Å². The minimum Gasteiger partial charge on any atom is -0.478 e. The number of hydrogen-bond acceptors (Lipinski definition) is 8. The number of carboxylic acids is 1. The van der Waals surface area contributed by atoms with Crippen LogP contribution in [0.3, 0.4) is 0 Å². The van der Waals surface area contributed by atoms with Crippen LogP contribution in [0, 0.1) is 17.1 Å². The molecule has 1 aliphatic heterocycles. The van der Waals surface area contributed by atoms with Crippen molar-refractivity contribution < 1.29 is 19.0 Å². The monoisotopic (exact) mass is 594 g/mol. The number of anilines is 1. The van der Waals surface area contributed by atoms with Crippen LogP contribution in [0.4, 0.5) is 10.2 Å². The standard InChI is InChI=1S/C32H31FN8O3/c1-2-39-21-35-17-25(39)15-28-27(36-30-9-8-23(32(42)43)18-41(28)30)19-38-10-12-40(13-11-38)29-4-3-5-31(37-29)44-20-24-7-6-22(16-34)14-26(24)33/h3-9,14,17-18,21H,2,10-13,15,19-20H2,1H3,(H,42,43). The Morgan fingerprint density at radius 1 is 1.11 bits per heavy atom. The van der Waals surface area contributed by atoms with Gasteiger partial charge in [0.1, 0.15) is 23.9 Å². The van der Waals surface area contributed by atoms with Crippen LogP contribution in [-0.2, 0) is 26.1 Å². The molecule has 0 saturated carbocycles. The summed E-state index contributed by atoms with van der Waals surface area (Å²) in [5, 5.41) is 18.5. The fourth-order valence-electron chi connectivity index (χ4n) is 5.43. The Bertz CT molecular complexity index is 1850. The zero-order valence-electron chi connectivity index (χ0n) is 24.2. The van der Waals surface area contributed by atoms with Crippen molar-refractivity contribution in [3.63, 3.8) is 0 Å². The van der Waals surface area contributed by atoms with Crippen molar-refractivity contribution in [2.24, 2.45) is 0 Å². The first kappa shape index (κ1) is 28.8. The van der Waals surface area contributed by atoms with Gasteiger partial charge in [-0.05, 0) is 37.3 Å². The van der Waals surface area contributed by atoms with Gasteiger partial charge in [0.2, 0.25) is 5.88 Å². The minimum absolute atomic E-state index is 0.0100. The molecule has 0 bridgehead atoms. The van der Waals surface area contributed by atoms with Crippen molar-refractivity contribution in [3.05, 3.63) is 107 Å². The van der Waals surface area contributed by atoms with Crippen molar-refractivity contribution in [1.29, 1.82) is 5.26 Å². The number of halogens is 1. The summed E-state index contributed by atoms with van der Waals surface area (Å²) < 4.78 is 24.0. The van der Waals surface area contributed by atoms with E-state index in [0.717, 1.165) is 55.6 Å². The Labute approximate surface area is 253 Å². The predicted molar refractivity (Wildman–Crippen MR) is 160 cm³/mol. The van der Waals surface area contributed by atoms with Gasteiger partial charge in [-0.1, -0.05) is 12.1 Å². The lowest BCUT2D eigenvalue weighted by Crippen LogP contribution is -2.46. The molecule has 0 unspecified atom stereocenters. The SMILES string of the molecule is CCn1cncc1Cc1c(CN2CCN(c3cccc(OCc4ccc(C#N)cc4F)n3)CC2)nc2ccc(C(=O)O)cn12. The molecule has 224 valence electrons. The van der Waals surface area contributed by atoms with Gasteiger partial charge >= 0.3 is 5.97 Å². The van der Waals surface area contributed by atoms with Gasteiger partial charge in [-0.25, -0.2) is 19.2 Å². The summed E-state index contributed by atoms with van der Waals surface area (Å²) in [5.41, 5.74) is 4.44. The Kier molecular flexibility index (Phi) is 8.21. The van der Waals surface area contributed by atoms with Crippen molar-refractivity contribution in [2.75, 3.05) is 31.1 Å². The van der Waals surface area contributed by atoms with E-state index < -0.39 is 11.8 Å². The second kappa shape index (κ2) is 12.5. The average Bonchev–Trinajstić information content (AvgIpc) is 3.64. The van der Waals surface area contributed by atoms with Crippen LogP contribution in [-0.4, -0.2) is 66.1 Å². The number of carbonyl (C=O) groups is 1. The zero-order valence-corrected chi connectivity index (χ0v) is 24.2. The molecule has 6 rings (SSSR count). The van der Waals surface area contributed by atoms with Crippen molar-refractivity contribution >= 4 is 17.4 Å². The van der Waals surface area contributed by atoms with Crippen molar-refractivity contribution in [1.82, 2.24) is 28.8 Å². The smallest absolute Gasteiger partial charge is 0.337 e. The van der Waals surface area contributed by atoms with Gasteiger partial charge < -0.3 is 23.7 Å². The third kappa shape index (κ3) is 6.09. The first-order valence-corrected chi connectivity index (χ1v) is 14.4. The van der Waals surface area contributed by atoms with Gasteiger partial charge in [-0.15, -0.1) is 0 Å². The number of benzene rings is 1. The van der Waals surface area contributed by atoms with Crippen LogP contribution < -0.4 is 9.64 Å². The highest BCUT2D eigenvalue weighted by atomic mass is 19.1. The number of hydrogen-bond donors (Lipinski definition) is 1. The maximum atomic E-state index is 14.3. The molecule has 0 radical (unpaired) electrons. The molecule has 1 aromatic carbocycles. The van der Waals surface area contributed by atoms with E-state index >= 15 is 0 Å². The van der Waals surface area contributed by atoms with E-state index in [2.05, 4.69) is 31.3 Å². The van der Waals surface area contributed by atoms with Crippen LogP contribution in [0.25, 0.3) is 5.65 Å². The molecule has 0 spiro atoms. The van der Waals surface area contributed by atoms with Crippen molar-refractivity contribution in [2.45, 2.75) is 33.0 Å². The number of nitrogens with zero attached hydrogens (tertiary/aromatic N) is 8. The topological polar surface area (TPSA) is 125 Å². The molecular formula is C32H31FN8O3. The number of carboxylic acid groups (broad SMARTS) is 1. The van der Waals surface area contributed by atoms with Crippen LogP contribution in [0.2, 0.25) is 0 Å². The Morgan fingerprint density at radius 2 is 1.95 bits per heavy atom. The number of aromatic carboxylic acids is 1. The second-order valence-electron chi connectivity index (χ2n) is 10.6. The van der Waals surface area contributed by atoms with Crippen molar-refractivity contribution in [3.8, 4) is 11.9 Å². The third-order valence-electron chi connectivity index (χ3n) is 7.87. The molecule has 0 amide bonds. The second-order valence-corrected chi connectivity index (χ2v) is 10.6. The lowest BCUT2D eigenvalue weighted by atomic mass is 10.1. The quantitative estimate of drug-likeness (QED) is 0.254. The number of rotatable bonds is 10. The summed E-state index contributed by atoms with van der Waals surface area (Å²) in [4.78, 5) is 30.1. The number of pyridine rings is 2. The Balaban J connectivity index is 1.14. The zero-order chi connectivity index (χ0) is 30.6. The highest BCUT2D eigenvalue weighted by Gasteiger charge is 2.23. The third-order valence-corrected chi connectivity index (χ3v) is 7.87. The molecular weight excluding hydrogens is 563 g/mol. The molecule has 1 N–H and O–H groups in total. The molecule has 11 nitrogen and oxygen atoms in total. The Morgan fingerprint density at radius 3 is 2.70 bits per heavy atom. The van der Waals surface area contributed by atoms with Gasteiger partial charge in [-0.3, -0.25) is 4.90 Å². The molecule has 44 heavy (non-hydrogen) atoms. The largest absolute Gasteiger partial charge is 0.478 e. The van der Waals surface area contributed by atoms with Gasteiger partial charge in [0.15, 0.2) is 0 Å². The molecule has 1 saturated heterocycles. The van der Waals surface area contributed by atoms with Gasteiger partial charge in [0.25, 0.3) is 0 Å². The predicted octanol–water partition coefficient (Wildman–Crippen LogP) is 4.15. The molecule has 4 aromatic heterocycles. The summed E-state index contributed by atoms with van der Waals surface area (Å²) in [6.07, 6.45) is 5.87. The highest BCUT2D eigenvalue weighted by molar-refractivity contribution is 5.87. The Hall–Kier alpha value is -5.28. The summed E-state index contributed by atoms with van der Waals surface area (Å²) in [7, 11) is 0. The lowest BCUT2D eigenvalue weighted by Gasteiger charge is -2.35. The molecule has 5 aromatic rings. The average molecular weight is 595 g/mol. The number of fused-ring (bicyclic) bond motifs is 1. The van der Waals surface area contributed by atoms with Crippen LogP contribution >= 0.6 is 0 Å². The van der Waals surface area contributed by atoms with E-state index in [1.807, 2.05) is 28.8 Å².